The van der Waals surface area contributed by atoms with Crippen molar-refractivity contribution >= 4 is 57.6 Å². The van der Waals surface area contributed by atoms with Gasteiger partial charge in [0.05, 0.1) is 11.1 Å². The van der Waals surface area contributed by atoms with Crippen LogP contribution in [0.4, 0.5) is 17.6 Å². The minimum Gasteiger partial charge on any atom is -0.331 e. The Bertz CT molecular complexity index is 1510. The van der Waals surface area contributed by atoms with E-state index in [0.29, 0.717) is 23.1 Å². The Hall–Kier alpha value is -5.06. The first-order chi connectivity index (χ1) is 16.1. The topological polar surface area (TPSA) is 158 Å². The number of nitrogens with one attached hydrogen (secondary N) is 5. The van der Waals surface area contributed by atoms with Crippen LogP contribution in [0.15, 0.2) is 61.1 Å². The van der Waals surface area contributed by atoms with E-state index in [1.54, 1.807) is 24.5 Å². The Balaban J connectivity index is 1.47. The van der Waals surface area contributed by atoms with E-state index in [-0.39, 0.29) is 23.2 Å². The number of hydrogen-bond donors (Lipinski definition) is 5. The van der Waals surface area contributed by atoms with Gasteiger partial charge in [0.2, 0.25) is 18.3 Å². The lowest BCUT2D eigenvalue weighted by Crippen LogP contribution is -2.15. The molecule has 3 heterocycles. The lowest BCUT2D eigenvalue weighted by molar-refractivity contribution is -0.105. The monoisotopic (exact) mass is 440 g/mol. The molecule has 0 bridgehead atoms. The predicted octanol–water partition coefficient (Wildman–Crippen LogP) is 2.91. The van der Waals surface area contributed by atoms with Crippen molar-refractivity contribution in [2.24, 2.45) is 0 Å². The van der Waals surface area contributed by atoms with Gasteiger partial charge in [-0.1, -0.05) is 24.3 Å². The lowest BCUT2D eigenvalue weighted by Gasteiger charge is -2.06. The molecule has 3 aromatic heterocycles. The van der Waals surface area contributed by atoms with Gasteiger partial charge < -0.3 is 15.3 Å². The fraction of sp³-hybridized carbons (Fsp3) is 0. The molecule has 0 aliphatic rings. The van der Waals surface area contributed by atoms with Gasteiger partial charge >= 0.3 is 0 Å². The molecule has 0 aliphatic heterocycles. The molecule has 11 nitrogen and oxygen atoms in total. The van der Waals surface area contributed by atoms with E-state index in [0.717, 1.165) is 10.8 Å². The van der Waals surface area contributed by atoms with Crippen LogP contribution < -0.4 is 16.0 Å². The number of amides is 3. The zero-order valence-electron chi connectivity index (χ0n) is 16.9. The van der Waals surface area contributed by atoms with E-state index in [1.165, 1.54) is 12.3 Å². The summed E-state index contributed by atoms with van der Waals surface area (Å²) in [5.74, 6) is -0.577. The van der Waals surface area contributed by atoms with E-state index < -0.39 is 11.8 Å². The molecule has 0 spiro atoms. The predicted molar refractivity (Wildman–Crippen MR) is 122 cm³/mol. The Morgan fingerprint density at radius 3 is 2.55 bits per heavy atom. The summed E-state index contributed by atoms with van der Waals surface area (Å²) in [6, 6.07) is 12.3. The molecule has 162 valence electrons. The summed E-state index contributed by atoms with van der Waals surface area (Å²) in [6.45, 7) is 0. The molecule has 0 fully saturated rings. The Morgan fingerprint density at radius 2 is 1.76 bits per heavy atom. The third kappa shape index (κ3) is 3.97. The highest BCUT2D eigenvalue weighted by Gasteiger charge is 2.18. The maximum absolute atomic E-state index is 12.8. The first-order valence-corrected chi connectivity index (χ1v) is 9.81. The molecule has 0 aliphatic carbocycles. The summed E-state index contributed by atoms with van der Waals surface area (Å²) in [4.78, 5) is 54.8. The third-order valence-corrected chi connectivity index (χ3v) is 4.88. The normalized spacial score (nSPS) is 10.8. The SMILES string of the molecule is O=CNc1cc(C(=O)Nc2ncc[nH]2)c2nc(NC(=O)c3cc4ccccc4cn3)[nH]c2c1. The number of hydrogen-bond acceptors (Lipinski definition) is 6. The van der Waals surface area contributed by atoms with Crippen LogP contribution in [0.2, 0.25) is 0 Å². The summed E-state index contributed by atoms with van der Waals surface area (Å²) in [5, 5.41) is 9.60. The molecular formula is C22H16N8O3. The molecule has 33 heavy (non-hydrogen) atoms. The van der Waals surface area contributed by atoms with Gasteiger partial charge in [-0.25, -0.2) is 9.97 Å². The van der Waals surface area contributed by atoms with Gasteiger partial charge in [-0.15, -0.1) is 0 Å². The minimum absolute atomic E-state index is 0.125. The van der Waals surface area contributed by atoms with Crippen molar-refractivity contribution in [1.29, 1.82) is 0 Å². The fourth-order valence-electron chi connectivity index (χ4n) is 3.39. The number of H-pyrrole nitrogens is 2. The smallest absolute Gasteiger partial charge is 0.276 e. The quantitative estimate of drug-likeness (QED) is 0.255. The molecule has 3 amide bonds. The van der Waals surface area contributed by atoms with Crippen LogP contribution in [0, 0.1) is 0 Å². The maximum atomic E-state index is 12.8. The molecule has 11 heteroatoms. The summed E-state index contributed by atoms with van der Waals surface area (Å²) in [6.07, 6.45) is 5.19. The second-order valence-electron chi connectivity index (χ2n) is 7.03. The summed E-state index contributed by atoms with van der Waals surface area (Å²) in [7, 11) is 0. The second-order valence-corrected chi connectivity index (χ2v) is 7.03. The van der Waals surface area contributed by atoms with E-state index in [2.05, 4.69) is 40.9 Å². The summed E-state index contributed by atoms with van der Waals surface area (Å²) < 4.78 is 0. The third-order valence-electron chi connectivity index (χ3n) is 4.88. The highest BCUT2D eigenvalue weighted by atomic mass is 16.2. The molecule has 5 rings (SSSR count). The lowest BCUT2D eigenvalue weighted by atomic mass is 10.1. The van der Waals surface area contributed by atoms with Crippen molar-refractivity contribution in [3.05, 3.63) is 72.3 Å². The van der Waals surface area contributed by atoms with Crippen LogP contribution in [0.25, 0.3) is 21.8 Å². The Morgan fingerprint density at radius 1 is 0.939 bits per heavy atom. The molecule has 0 saturated carbocycles. The van der Waals surface area contributed by atoms with Gasteiger partial charge in [0.1, 0.15) is 11.2 Å². The van der Waals surface area contributed by atoms with Crippen LogP contribution in [-0.2, 0) is 4.79 Å². The number of benzene rings is 2. The molecule has 2 aromatic carbocycles. The number of pyridine rings is 1. The highest BCUT2D eigenvalue weighted by Crippen LogP contribution is 2.25. The van der Waals surface area contributed by atoms with Crippen molar-refractivity contribution < 1.29 is 14.4 Å². The maximum Gasteiger partial charge on any atom is 0.276 e. The average molecular weight is 440 g/mol. The average Bonchev–Trinajstić information content (AvgIpc) is 3.47. The number of carbonyl (C=O) groups is 3. The number of aromatic amines is 2. The van der Waals surface area contributed by atoms with Crippen LogP contribution in [-0.4, -0.2) is 43.1 Å². The summed E-state index contributed by atoms with van der Waals surface area (Å²) in [5.41, 5.74) is 1.51. The van der Waals surface area contributed by atoms with E-state index in [1.807, 2.05) is 24.3 Å². The van der Waals surface area contributed by atoms with Gasteiger partial charge in [0.25, 0.3) is 11.8 Å². The van der Waals surface area contributed by atoms with Crippen molar-refractivity contribution in [2.75, 3.05) is 16.0 Å². The first kappa shape index (κ1) is 19.9. The molecule has 5 aromatic rings. The fourth-order valence-corrected chi connectivity index (χ4v) is 3.39. The molecule has 0 unspecified atom stereocenters. The molecule has 0 saturated heterocycles. The number of nitrogens with zero attached hydrogens (tertiary/aromatic N) is 3. The van der Waals surface area contributed by atoms with Crippen LogP contribution in [0.5, 0.6) is 0 Å². The molecular weight excluding hydrogens is 424 g/mol. The van der Waals surface area contributed by atoms with Crippen LogP contribution >= 0.6 is 0 Å². The van der Waals surface area contributed by atoms with Gasteiger partial charge in [-0.2, -0.15) is 0 Å². The standard InChI is InChI=1S/C22H16N8O3/c31-11-26-14-8-15(19(32)29-21-23-5-6-24-21)18-16(9-14)27-22(28-18)30-20(33)17-7-12-3-1-2-4-13(12)10-25-17/h1-11H,(H,26,31)(H2,23,24,29,32)(H2,27,28,30,33). The van der Waals surface area contributed by atoms with E-state index >= 15 is 0 Å². The van der Waals surface area contributed by atoms with Gasteiger partial charge in [-0.3, -0.25) is 30.0 Å². The van der Waals surface area contributed by atoms with Crippen LogP contribution in [0.3, 0.4) is 0 Å². The first-order valence-electron chi connectivity index (χ1n) is 9.81. The molecule has 5 N–H and O–H groups in total. The van der Waals surface area contributed by atoms with E-state index in [4.69, 9.17) is 0 Å². The summed E-state index contributed by atoms with van der Waals surface area (Å²) >= 11 is 0. The van der Waals surface area contributed by atoms with E-state index in [9.17, 15) is 14.4 Å². The zero-order chi connectivity index (χ0) is 22.8. The second kappa shape index (κ2) is 8.23. The number of fused-ring (bicyclic) bond motifs is 2. The number of rotatable bonds is 6. The van der Waals surface area contributed by atoms with Crippen molar-refractivity contribution in [3.8, 4) is 0 Å². The zero-order valence-corrected chi connectivity index (χ0v) is 16.9. The van der Waals surface area contributed by atoms with Crippen molar-refractivity contribution in [2.45, 2.75) is 0 Å². The van der Waals surface area contributed by atoms with Crippen LogP contribution in [0.1, 0.15) is 20.8 Å². The highest BCUT2D eigenvalue weighted by molar-refractivity contribution is 6.13. The van der Waals surface area contributed by atoms with Gasteiger partial charge in [0.15, 0.2) is 0 Å². The minimum atomic E-state index is -0.495. The van der Waals surface area contributed by atoms with Crippen molar-refractivity contribution in [1.82, 2.24) is 24.9 Å². The Labute approximate surface area is 185 Å². The number of carbonyl (C=O) groups excluding carboxylic acids is 3. The largest absolute Gasteiger partial charge is 0.331 e. The molecule has 0 radical (unpaired) electrons. The van der Waals surface area contributed by atoms with Gasteiger partial charge in [0, 0.05) is 29.7 Å². The van der Waals surface area contributed by atoms with Gasteiger partial charge in [-0.05, 0) is 23.6 Å². The number of imidazole rings is 2. The van der Waals surface area contributed by atoms with Crippen molar-refractivity contribution in [3.63, 3.8) is 0 Å². The Kier molecular flexibility index (Phi) is 4.96. The molecule has 0 atom stereocenters. The number of anilines is 3. The number of aromatic nitrogens is 5.